The molecule has 0 amide bonds. The monoisotopic (exact) mass is 338 g/mol. The summed E-state index contributed by atoms with van der Waals surface area (Å²) in [7, 11) is -3.68. The van der Waals surface area contributed by atoms with Crippen molar-refractivity contribution in [1.29, 1.82) is 0 Å². The molecular weight excluding hydrogens is 323 g/mol. The molecule has 1 rings (SSSR count). The van der Waals surface area contributed by atoms with Crippen LogP contribution in [-0.2, 0) is 10.0 Å². The summed E-state index contributed by atoms with van der Waals surface area (Å²) in [5, 5.41) is 3.07. The van der Waals surface area contributed by atoms with Crippen LogP contribution >= 0.6 is 15.9 Å². The van der Waals surface area contributed by atoms with Gasteiger partial charge in [0.25, 0.3) is 0 Å². The molecule has 0 saturated carbocycles. The number of benzene rings is 1. The first-order valence-electron chi connectivity index (χ1n) is 5.63. The van der Waals surface area contributed by atoms with Crippen LogP contribution < -0.4 is 10.0 Å². The normalized spacial score (nSPS) is 11.7. The Morgan fingerprint density at radius 1 is 1.28 bits per heavy atom. The Kier molecular flexibility index (Phi) is 6.20. The van der Waals surface area contributed by atoms with Gasteiger partial charge in [-0.05, 0) is 47.1 Å². The molecule has 7 heteroatoms. The summed E-state index contributed by atoms with van der Waals surface area (Å²) < 4.78 is 39.6. The topological polar surface area (TPSA) is 58.2 Å². The van der Waals surface area contributed by atoms with E-state index in [0.717, 1.165) is 19.0 Å². The molecule has 0 aliphatic rings. The molecule has 0 heterocycles. The molecule has 0 radical (unpaired) electrons. The van der Waals surface area contributed by atoms with Crippen LogP contribution in [0.15, 0.2) is 27.6 Å². The van der Waals surface area contributed by atoms with E-state index in [1.54, 1.807) is 0 Å². The van der Waals surface area contributed by atoms with E-state index in [9.17, 15) is 12.8 Å². The van der Waals surface area contributed by atoms with Crippen LogP contribution in [0.3, 0.4) is 0 Å². The maximum absolute atomic E-state index is 13.0. The molecule has 102 valence electrons. The summed E-state index contributed by atoms with van der Waals surface area (Å²) in [5.41, 5.74) is 0. The van der Waals surface area contributed by atoms with Crippen LogP contribution in [0.25, 0.3) is 0 Å². The Morgan fingerprint density at radius 2 is 2.00 bits per heavy atom. The highest BCUT2D eigenvalue weighted by Crippen LogP contribution is 2.22. The van der Waals surface area contributed by atoms with Gasteiger partial charge < -0.3 is 5.32 Å². The zero-order chi connectivity index (χ0) is 13.6. The Hall–Kier alpha value is -0.500. The first kappa shape index (κ1) is 15.6. The molecular formula is C11H16BrFN2O2S. The van der Waals surface area contributed by atoms with Gasteiger partial charge in [0.1, 0.15) is 5.82 Å². The molecule has 0 unspecified atom stereocenters. The minimum Gasteiger partial charge on any atom is -0.315 e. The lowest BCUT2D eigenvalue weighted by Crippen LogP contribution is -2.32. The highest BCUT2D eigenvalue weighted by molar-refractivity contribution is 9.10. The highest BCUT2D eigenvalue weighted by atomic mass is 79.9. The van der Waals surface area contributed by atoms with E-state index < -0.39 is 15.8 Å². The third-order valence-corrected chi connectivity index (χ3v) is 4.66. The van der Waals surface area contributed by atoms with Gasteiger partial charge in [0.15, 0.2) is 0 Å². The summed E-state index contributed by atoms with van der Waals surface area (Å²) in [4.78, 5) is -0.0852. The van der Waals surface area contributed by atoms with Crippen LogP contribution in [0.1, 0.15) is 13.3 Å². The van der Waals surface area contributed by atoms with Crippen molar-refractivity contribution in [1.82, 2.24) is 10.0 Å². The second-order valence-corrected chi connectivity index (χ2v) is 6.31. The summed E-state index contributed by atoms with van der Waals surface area (Å²) in [5.74, 6) is -0.581. The zero-order valence-corrected chi connectivity index (χ0v) is 12.4. The van der Waals surface area contributed by atoms with Crippen molar-refractivity contribution in [3.63, 3.8) is 0 Å². The van der Waals surface area contributed by atoms with Crippen molar-refractivity contribution < 1.29 is 12.8 Å². The average Bonchev–Trinajstić information content (AvgIpc) is 2.32. The number of halogens is 2. The van der Waals surface area contributed by atoms with E-state index in [0.29, 0.717) is 11.0 Å². The van der Waals surface area contributed by atoms with E-state index in [-0.39, 0.29) is 11.4 Å². The fourth-order valence-electron chi connectivity index (χ4n) is 1.34. The Balaban J connectivity index is 2.66. The van der Waals surface area contributed by atoms with Crippen LogP contribution in [-0.4, -0.2) is 28.1 Å². The molecule has 0 fully saturated rings. The van der Waals surface area contributed by atoms with Gasteiger partial charge in [0.2, 0.25) is 10.0 Å². The smallest absolute Gasteiger partial charge is 0.241 e. The van der Waals surface area contributed by atoms with E-state index in [1.165, 1.54) is 12.1 Å². The minimum absolute atomic E-state index is 0.0852. The minimum atomic E-state index is -3.68. The Morgan fingerprint density at radius 3 is 2.67 bits per heavy atom. The molecule has 1 aromatic rings. The average molecular weight is 339 g/mol. The lowest BCUT2D eigenvalue weighted by Gasteiger charge is -2.09. The Labute approximate surface area is 115 Å². The van der Waals surface area contributed by atoms with Gasteiger partial charge in [-0.3, -0.25) is 0 Å². The first-order valence-corrected chi connectivity index (χ1v) is 7.90. The fraction of sp³-hybridized carbons (Fsp3) is 0.455. The predicted octanol–water partition coefficient (Wildman–Crippen LogP) is 1.87. The number of rotatable bonds is 7. The van der Waals surface area contributed by atoms with Gasteiger partial charge in [-0.15, -0.1) is 0 Å². The molecule has 1 aromatic carbocycles. The molecule has 0 saturated heterocycles. The van der Waals surface area contributed by atoms with Crippen LogP contribution in [0.4, 0.5) is 4.39 Å². The second-order valence-electron chi connectivity index (χ2n) is 3.72. The molecule has 0 bridgehead atoms. The second kappa shape index (κ2) is 7.18. The van der Waals surface area contributed by atoms with E-state index in [4.69, 9.17) is 0 Å². The lowest BCUT2D eigenvalue weighted by atomic mass is 10.3. The SMILES string of the molecule is CCCNCCNS(=O)(=O)c1cc(F)ccc1Br. The van der Waals surface area contributed by atoms with Gasteiger partial charge in [-0.25, -0.2) is 17.5 Å². The van der Waals surface area contributed by atoms with Crippen molar-refractivity contribution in [2.24, 2.45) is 0 Å². The molecule has 0 aromatic heterocycles. The van der Waals surface area contributed by atoms with Crippen molar-refractivity contribution in [2.75, 3.05) is 19.6 Å². The molecule has 0 atom stereocenters. The lowest BCUT2D eigenvalue weighted by molar-refractivity contribution is 0.571. The molecule has 4 nitrogen and oxygen atoms in total. The van der Waals surface area contributed by atoms with Gasteiger partial charge in [-0.2, -0.15) is 0 Å². The van der Waals surface area contributed by atoms with Gasteiger partial charge >= 0.3 is 0 Å². The van der Waals surface area contributed by atoms with Gasteiger partial charge in [0.05, 0.1) is 4.90 Å². The summed E-state index contributed by atoms with van der Waals surface area (Å²) in [6.07, 6.45) is 0.988. The van der Waals surface area contributed by atoms with E-state index in [2.05, 4.69) is 26.0 Å². The van der Waals surface area contributed by atoms with Gasteiger partial charge in [-0.1, -0.05) is 6.92 Å². The molecule has 0 aliphatic carbocycles. The third kappa shape index (κ3) is 4.64. The first-order chi connectivity index (χ1) is 8.47. The quantitative estimate of drug-likeness (QED) is 0.746. The predicted molar refractivity (Wildman–Crippen MR) is 72.4 cm³/mol. The number of hydrogen-bond acceptors (Lipinski definition) is 3. The zero-order valence-electron chi connectivity index (χ0n) is 10.0. The summed E-state index contributed by atoms with van der Waals surface area (Å²) in [6, 6.07) is 3.57. The van der Waals surface area contributed by atoms with Crippen molar-refractivity contribution in [3.05, 3.63) is 28.5 Å². The Bertz CT molecular complexity index is 494. The number of hydrogen-bond donors (Lipinski definition) is 2. The summed E-state index contributed by atoms with van der Waals surface area (Å²) >= 11 is 3.10. The van der Waals surface area contributed by atoms with Crippen molar-refractivity contribution >= 4 is 26.0 Å². The largest absolute Gasteiger partial charge is 0.315 e. The number of nitrogens with one attached hydrogen (secondary N) is 2. The maximum atomic E-state index is 13.0. The highest BCUT2D eigenvalue weighted by Gasteiger charge is 2.17. The molecule has 0 aliphatic heterocycles. The fourth-order valence-corrected chi connectivity index (χ4v) is 3.34. The summed E-state index contributed by atoms with van der Waals surface area (Å²) in [6.45, 7) is 3.68. The molecule has 18 heavy (non-hydrogen) atoms. The third-order valence-electron chi connectivity index (χ3n) is 2.20. The van der Waals surface area contributed by atoms with Gasteiger partial charge in [0, 0.05) is 17.6 Å². The van der Waals surface area contributed by atoms with Crippen molar-refractivity contribution in [2.45, 2.75) is 18.2 Å². The van der Waals surface area contributed by atoms with Crippen LogP contribution in [0.5, 0.6) is 0 Å². The standard InChI is InChI=1S/C11H16BrFN2O2S/c1-2-5-14-6-7-15-18(16,17)11-8-9(13)3-4-10(11)12/h3-4,8,14-15H,2,5-7H2,1H3. The van der Waals surface area contributed by atoms with Crippen molar-refractivity contribution in [3.8, 4) is 0 Å². The van der Waals surface area contributed by atoms with Crippen LogP contribution in [0.2, 0.25) is 0 Å². The van der Waals surface area contributed by atoms with E-state index in [1.807, 2.05) is 6.92 Å². The molecule has 0 spiro atoms. The maximum Gasteiger partial charge on any atom is 0.241 e. The van der Waals surface area contributed by atoms with E-state index >= 15 is 0 Å². The number of sulfonamides is 1. The molecule has 2 N–H and O–H groups in total. The van der Waals surface area contributed by atoms with Crippen LogP contribution in [0, 0.1) is 5.82 Å².